The molecule has 0 radical (unpaired) electrons. The molecule has 0 aliphatic carbocycles. The topological polar surface area (TPSA) is 52.6 Å². The van der Waals surface area contributed by atoms with Crippen molar-refractivity contribution < 1.29 is 19.1 Å². The summed E-state index contributed by atoms with van der Waals surface area (Å²) in [6.07, 6.45) is 7.22. The Bertz CT molecular complexity index is 314. The summed E-state index contributed by atoms with van der Waals surface area (Å²) in [5, 5.41) is 0. The molecule has 0 amide bonds. The maximum Gasteiger partial charge on any atom is 0.310 e. The number of ether oxygens (including phenoxy) is 2. The van der Waals surface area contributed by atoms with Gasteiger partial charge in [-0.2, -0.15) is 0 Å². The average Bonchev–Trinajstić information content (AvgIpc) is 2.40. The lowest BCUT2D eigenvalue weighted by molar-refractivity contribution is -0.138. The SMILES string of the molecule is C=C.C=COC(=O)CCCCCC(C)(C)C.C=COC(C)=O. The first-order chi connectivity index (χ1) is 10.2. The summed E-state index contributed by atoms with van der Waals surface area (Å²) < 4.78 is 8.78. The molecule has 22 heavy (non-hydrogen) atoms. The van der Waals surface area contributed by atoms with Crippen LogP contribution in [0.5, 0.6) is 0 Å². The molecule has 0 bridgehead atoms. The smallest absolute Gasteiger partial charge is 0.310 e. The van der Waals surface area contributed by atoms with E-state index in [1.807, 2.05) is 0 Å². The summed E-state index contributed by atoms with van der Waals surface area (Å²) in [4.78, 5) is 20.7. The lowest BCUT2D eigenvalue weighted by atomic mass is 9.89. The van der Waals surface area contributed by atoms with Crippen LogP contribution >= 0.6 is 0 Å². The van der Waals surface area contributed by atoms with Crippen LogP contribution in [0.25, 0.3) is 0 Å². The summed E-state index contributed by atoms with van der Waals surface area (Å²) in [7, 11) is 0. The van der Waals surface area contributed by atoms with Gasteiger partial charge in [0.2, 0.25) is 0 Å². The van der Waals surface area contributed by atoms with Crippen molar-refractivity contribution in [3.63, 3.8) is 0 Å². The number of hydrogen-bond acceptors (Lipinski definition) is 4. The van der Waals surface area contributed by atoms with Gasteiger partial charge in [0.25, 0.3) is 0 Å². The van der Waals surface area contributed by atoms with Crippen molar-refractivity contribution in [2.75, 3.05) is 0 Å². The third kappa shape index (κ3) is 30.9. The van der Waals surface area contributed by atoms with E-state index in [-0.39, 0.29) is 11.9 Å². The molecule has 0 fully saturated rings. The van der Waals surface area contributed by atoms with Crippen molar-refractivity contribution in [2.24, 2.45) is 5.41 Å². The fraction of sp³-hybridized carbons (Fsp3) is 0.556. The van der Waals surface area contributed by atoms with Crippen molar-refractivity contribution >= 4 is 11.9 Å². The second-order valence-electron chi connectivity index (χ2n) is 5.55. The van der Waals surface area contributed by atoms with Gasteiger partial charge in [-0.25, -0.2) is 0 Å². The van der Waals surface area contributed by atoms with Gasteiger partial charge in [0, 0.05) is 13.3 Å². The van der Waals surface area contributed by atoms with Crippen LogP contribution < -0.4 is 0 Å². The molecule has 0 heterocycles. The highest BCUT2D eigenvalue weighted by atomic mass is 16.5. The molecule has 0 aliphatic heterocycles. The van der Waals surface area contributed by atoms with Gasteiger partial charge in [0.15, 0.2) is 0 Å². The Kier molecular flexibility index (Phi) is 19.7. The number of rotatable bonds is 7. The average molecular weight is 312 g/mol. The van der Waals surface area contributed by atoms with E-state index in [1.165, 1.54) is 26.0 Å². The summed E-state index contributed by atoms with van der Waals surface area (Å²) >= 11 is 0. The van der Waals surface area contributed by atoms with E-state index >= 15 is 0 Å². The molecule has 4 nitrogen and oxygen atoms in total. The first kappa shape index (κ1) is 25.1. The Labute approximate surface area is 135 Å². The van der Waals surface area contributed by atoms with E-state index in [4.69, 9.17) is 0 Å². The molecule has 4 heteroatoms. The van der Waals surface area contributed by atoms with Crippen LogP contribution in [0.3, 0.4) is 0 Å². The maximum atomic E-state index is 10.9. The molecule has 0 saturated carbocycles. The van der Waals surface area contributed by atoms with Gasteiger partial charge in [0.1, 0.15) is 0 Å². The lowest BCUT2D eigenvalue weighted by Gasteiger charge is -2.17. The van der Waals surface area contributed by atoms with Crippen LogP contribution in [-0.2, 0) is 19.1 Å². The van der Waals surface area contributed by atoms with Gasteiger partial charge in [-0.15, -0.1) is 13.2 Å². The Morgan fingerprint density at radius 2 is 1.45 bits per heavy atom. The highest BCUT2D eigenvalue weighted by molar-refractivity contribution is 5.69. The van der Waals surface area contributed by atoms with Crippen LogP contribution in [0.1, 0.15) is 59.8 Å². The van der Waals surface area contributed by atoms with Gasteiger partial charge in [0.05, 0.1) is 12.5 Å². The first-order valence-electron chi connectivity index (χ1n) is 7.31. The fourth-order valence-electron chi connectivity index (χ4n) is 1.37. The van der Waals surface area contributed by atoms with E-state index < -0.39 is 0 Å². The molecular formula is C18H32O4. The normalized spacial score (nSPS) is 9.09. The monoisotopic (exact) mass is 312 g/mol. The molecule has 0 aromatic rings. The molecule has 0 unspecified atom stereocenters. The number of carbonyl (C=O) groups excluding carboxylic acids is 2. The third-order valence-corrected chi connectivity index (χ3v) is 2.27. The maximum absolute atomic E-state index is 10.9. The number of hydrogen-bond donors (Lipinski definition) is 0. The predicted molar refractivity (Wildman–Crippen MR) is 92.0 cm³/mol. The lowest BCUT2D eigenvalue weighted by Crippen LogP contribution is -2.04. The van der Waals surface area contributed by atoms with Crippen LogP contribution in [0.2, 0.25) is 0 Å². The molecule has 128 valence electrons. The van der Waals surface area contributed by atoms with E-state index in [9.17, 15) is 9.59 Å². The minimum atomic E-state index is -0.329. The van der Waals surface area contributed by atoms with Gasteiger partial charge in [-0.3, -0.25) is 9.59 Å². The molecule has 0 aliphatic rings. The van der Waals surface area contributed by atoms with Crippen molar-refractivity contribution in [3.05, 3.63) is 38.8 Å². The summed E-state index contributed by atoms with van der Waals surface area (Å²) in [5.74, 6) is -0.499. The molecule has 0 aromatic carbocycles. The van der Waals surface area contributed by atoms with Crippen molar-refractivity contribution in [3.8, 4) is 0 Å². The van der Waals surface area contributed by atoms with Crippen LogP contribution in [-0.4, -0.2) is 11.9 Å². The minimum Gasteiger partial charge on any atom is -0.435 e. The van der Waals surface area contributed by atoms with Crippen LogP contribution in [0.15, 0.2) is 38.8 Å². The molecule has 0 rings (SSSR count). The summed E-state index contributed by atoms with van der Waals surface area (Å²) in [6, 6.07) is 0. The molecule has 0 saturated heterocycles. The van der Waals surface area contributed by atoms with E-state index in [2.05, 4.69) is 56.6 Å². The molecule has 0 N–H and O–H groups in total. The highest BCUT2D eigenvalue weighted by Crippen LogP contribution is 2.22. The zero-order valence-electron chi connectivity index (χ0n) is 14.7. The van der Waals surface area contributed by atoms with Crippen molar-refractivity contribution in [1.29, 1.82) is 0 Å². The minimum absolute atomic E-state index is 0.171. The predicted octanol–water partition coefficient (Wildman–Crippen LogP) is 5.16. The zero-order valence-corrected chi connectivity index (χ0v) is 14.7. The van der Waals surface area contributed by atoms with Gasteiger partial charge < -0.3 is 9.47 Å². The highest BCUT2D eigenvalue weighted by Gasteiger charge is 2.09. The van der Waals surface area contributed by atoms with E-state index in [0.717, 1.165) is 19.1 Å². The Morgan fingerprint density at radius 1 is 0.955 bits per heavy atom. The van der Waals surface area contributed by atoms with Crippen molar-refractivity contribution in [1.82, 2.24) is 0 Å². The molecule has 0 aromatic heterocycles. The molecular weight excluding hydrogens is 280 g/mol. The van der Waals surface area contributed by atoms with Gasteiger partial charge in [-0.05, 0) is 18.3 Å². The fourth-order valence-corrected chi connectivity index (χ4v) is 1.37. The quantitative estimate of drug-likeness (QED) is 0.282. The van der Waals surface area contributed by atoms with E-state index in [0.29, 0.717) is 11.8 Å². The Balaban J connectivity index is -0.000000378. The van der Waals surface area contributed by atoms with Crippen LogP contribution in [0.4, 0.5) is 0 Å². The first-order valence-corrected chi connectivity index (χ1v) is 7.31. The van der Waals surface area contributed by atoms with Gasteiger partial charge >= 0.3 is 11.9 Å². The Hall–Kier alpha value is -1.84. The van der Waals surface area contributed by atoms with Gasteiger partial charge in [-0.1, -0.05) is 46.8 Å². The molecule has 0 spiro atoms. The summed E-state index contributed by atoms with van der Waals surface area (Å²) in [5.41, 5.74) is 0.404. The van der Waals surface area contributed by atoms with E-state index in [1.54, 1.807) is 0 Å². The summed E-state index contributed by atoms with van der Waals surface area (Å²) in [6.45, 7) is 20.5. The number of carbonyl (C=O) groups is 2. The Morgan fingerprint density at radius 3 is 1.77 bits per heavy atom. The standard InChI is InChI=1S/C12H22O2.C4H6O2.C2H4/c1-5-14-11(13)9-7-6-8-10-12(2,3)4;1-3-6-4(2)5;1-2/h5H,1,6-10H2,2-4H3;3H,1H2,2H3;1-2H2. The third-order valence-electron chi connectivity index (χ3n) is 2.27. The number of esters is 2. The second-order valence-corrected chi connectivity index (χ2v) is 5.55. The zero-order chi connectivity index (χ0) is 18.0. The molecule has 0 atom stereocenters. The van der Waals surface area contributed by atoms with Crippen molar-refractivity contribution in [2.45, 2.75) is 59.8 Å². The number of unbranched alkanes of at least 4 members (excludes halogenated alkanes) is 2. The second kappa shape index (κ2) is 17.2. The largest absolute Gasteiger partial charge is 0.435 e. The van der Waals surface area contributed by atoms with Crippen LogP contribution in [0, 0.1) is 5.41 Å².